The third kappa shape index (κ3) is 2.41. The summed E-state index contributed by atoms with van der Waals surface area (Å²) in [5.74, 6) is -2.14. The molecule has 1 saturated carbocycles. The quantitative estimate of drug-likeness (QED) is 0.846. The van der Waals surface area contributed by atoms with Gasteiger partial charge in [0.05, 0.1) is 18.7 Å². The highest BCUT2D eigenvalue weighted by Gasteiger charge is 2.40. The Kier molecular flexibility index (Phi) is 3.23. The van der Waals surface area contributed by atoms with E-state index in [4.69, 9.17) is 4.74 Å². The van der Waals surface area contributed by atoms with Crippen LogP contribution in [-0.4, -0.2) is 17.6 Å². The fraction of sp³-hybridized carbons (Fsp3) is 0.438. The van der Waals surface area contributed by atoms with Gasteiger partial charge in [-0.1, -0.05) is 17.7 Å². The van der Waals surface area contributed by atoms with Gasteiger partial charge in [0, 0.05) is 24.3 Å². The van der Waals surface area contributed by atoms with E-state index in [-0.39, 0.29) is 18.4 Å². The Balaban J connectivity index is 2.20. The van der Waals surface area contributed by atoms with Crippen molar-refractivity contribution in [2.24, 2.45) is 0 Å². The molecule has 112 valence electrons. The molecule has 1 aliphatic carbocycles. The molecule has 1 heterocycles. The van der Waals surface area contributed by atoms with E-state index >= 15 is 0 Å². The van der Waals surface area contributed by atoms with Crippen LogP contribution < -0.4 is 10.3 Å². The highest BCUT2D eigenvalue weighted by atomic mass is 19.3. The minimum atomic E-state index is -2.68. The molecule has 21 heavy (non-hydrogen) atoms. The van der Waals surface area contributed by atoms with E-state index in [1.54, 1.807) is 12.3 Å². The Morgan fingerprint density at radius 1 is 1.33 bits per heavy atom. The van der Waals surface area contributed by atoms with Gasteiger partial charge in [-0.15, -0.1) is 0 Å². The molecular formula is C16H17F2NO2. The Morgan fingerprint density at radius 2 is 2.10 bits per heavy atom. The average molecular weight is 293 g/mol. The second kappa shape index (κ2) is 4.83. The van der Waals surface area contributed by atoms with Gasteiger partial charge in [0.1, 0.15) is 5.75 Å². The van der Waals surface area contributed by atoms with Gasteiger partial charge in [-0.3, -0.25) is 4.79 Å². The number of benzene rings is 1. The average Bonchev–Trinajstić information content (AvgIpc) is 2.80. The molecule has 1 aromatic carbocycles. The van der Waals surface area contributed by atoms with Crippen molar-refractivity contribution in [1.29, 1.82) is 0 Å². The van der Waals surface area contributed by atoms with Gasteiger partial charge < -0.3 is 9.30 Å². The van der Waals surface area contributed by atoms with Crippen molar-refractivity contribution in [3.05, 3.63) is 40.3 Å². The second-order valence-electron chi connectivity index (χ2n) is 5.71. The summed E-state index contributed by atoms with van der Waals surface area (Å²) in [6.45, 7) is 1.90. The van der Waals surface area contributed by atoms with Crippen LogP contribution in [0.1, 0.15) is 30.9 Å². The van der Waals surface area contributed by atoms with Crippen molar-refractivity contribution in [2.75, 3.05) is 7.11 Å². The number of aryl methyl sites for hydroxylation is 1. The molecule has 0 radical (unpaired) electrons. The molecule has 0 unspecified atom stereocenters. The Morgan fingerprint density at radius 3 is 2.71 bits per heavy atom. The van der Waals surface area contributed by atoms with Gasteiger partial charge in [-0.05, 0) is 19.4 Å². The number of alkyl halides is 2. The maximum absolute atomic E-state index is 13.4. The molecule has 0 aliphatic heterocycles. The van der Waals surface area contributed by atoms with Gasteiger partial charge in [-0.2, -0.15) is 0 Å². The van der Waals surface area contributed by atoms with Crippen LogP contribution in [0.25, 0.3) is 10.8 Å². The summed E-state index contributed by atoms with van der Waals surface area (Å²) in [7, 11) is 1.52. The summed E-state index contributed by atoms with van der Waals surface area (Å²) in [5.41, 5.74) is 0.730. The van der Waals surface area contributed by atoms with E-state index in [0.717, 1.165) is 5.56 Å². The molecule has 3 nitrogen and oxygen atoms in total. The zero-order valence-electron chi connectivity index (χ0n) is 12.0. The minimum Gasteiger partial charge on any atom is -0.495 e. The Hall–Kier alpha value is -1.91. The fourth-order valence-corrected chi connectivity index (χ4v) is 3.04. The summed E-state index contributed by atoms with van der Waals surface area (Å²) in [6.07, 6.45) is 1.42. The summed E-state index contributed by atoms with van der Waals surface area (Å²) in [5, 5.41) is 1.23. The number of rotatable bonds is 2. The maximum Gasteiger partial charge on any atom is 0.258 e. The summed E-state index contributed by atoms with van der Waals surface area (Å²) in [4.78, 5) is 12.6. The van der Waals surface area contributed by atoms with E-state index in [1.807, 2.05) is 19.1 Å². The van der Waals surface area contributed by atoms with Crippen molar-refractivity contribution in [2.45, 2.75) is 38.2 Å². The normalized spacial score (nSPS) is 20.9. The number of ether oxygens (including phenoxy) is 1. The number of nitrogens with zero attached hydrogens (tertiary/aromatic N) is 1. The minimum absolute atomic E-state index is 0.168. The van der Waals surface area contributed by atoms with Crippen LogP contribution in [0.3, 0.4) is 0 Å². The summed E-state index contributed by atoms with van der Waals surface area (Å²) < 4.78 is 33.6. The van der Waals surface area contributed by atoms with Crippen LogP contribution in [0.2, 0.25) is 0 Å². The molecule has 0 bridgehead atoms. The Labute approximate surface area is 121 Å². The molecule has 2 aromatic rings. The lowest BCUT2D eigenvalue weighted by Gasteiger charge is -2.17. The Bertz CT molecular complexity index is 752. The molecule has 5 heteroatoms. The standard InChI is InChI=1S/C16H17F2NO2/c1-10-3-4-12-13(7-10)15(20)19(9-14(12)21-2)11-5-6-16(17,18)8-11/h3-4,7,9,11H,5-6,8H2,1-2H3/t11-/m1/s1. The number of fused-ring (bicyclic) bond motifs is 1. The van der Waals surface area contributed by atoms with Crippen LogP contribution >= 0.6 is 0 Å². The monoisotopic (exact) mass is 293 g/mol. The topological polar surface area (TPSA) is 31.2 Å². The molecule has 1 aromatic heterocycles. The maximum atomic E-state index is 13.4. The van der Waals surface area contributed by atoms with Gasteiger partial charge in [0.25, 0.3) is 5.56 Å². The number of methoxy groups -OCH3 is 1. The van der Waals surface area contributed by atoms with Gasteiger partial charge in [0.15, 0.2) is 0 Å². The van der Waals surface area contributed by atoms with Gasteiger partial charge in [0.2, 0.25) is 5.92 Å². The molecular weight excluding hydrogens is 276 g/mol. The number of halogens is 2. The first-order valence-electron chi connectivity index (χ1n) is 6.98. The molecule has 0 spiro atoms. The zero-order valence-corrected chi connectivity index (χ0v) is 12.0. The predicted molar refractivity (Wildman–Crippen MR) is 77.3 cm³/mol. The number of aromatic nitrogens is 1. The van der Waals surface area contributed by atoms with E-state index in [2.05, 4.69) is 0 Å². The molecule has 0 saturated heterocycles. The summed E-state index contributed by atoms with van der Waals surface area (Å²) in [6, 6.07) is 5.05. The lowest BCUT2D eigenvalue weighted by molar-refractivity contribution is 0.00551. The van der Waals surface area contributed by atoms with Gasteiger partial charge >= 0.3 is 0 Å². The van der Waals surface area contributed by atoms with Crippen molar-refractivity contribution in [3.8, 4) is 5.75 Å². The highest BCUT2D eigenvalue weighted by Crippen LogP contribution is 2.41. The predicted octanol–water partition coefficient (Wildman–Crippen LogP) is 3.68. The number of pyridine rings is 1. The zero-order chi connectivity index (χ0) is 15.2. The largest absolute Gasteiger partial charge is 0.495 e. The van der Waals surface area contributed by atoms with Crippen LogP contribution in [0.4, 0.5) is 8.78 Å². The first-order chi connectivity index (χ1) is 9.91. The molecule has 1 atom stereocenters. The van der Waals surface area contributed by atoms with Crippen LogP contribution in [0.5, 0.6) is 5.75 Å². The first-order valence-corrected chi connectivity index (χ1v) is 6.98. The molecule has 3 rings (SSSR count). The lowest BCUT2D eigenvalue weighted by Crippen LogP contribution is -2.24. The molecule has 1 aliphatic rings. The van der Waals surface area contributed by atoms with E-state index in [0.29, 0.717) is 22.9 Å². The van der Waals surface area contributed by atoms with E-state index in [9.17, 15) is 13.6 Å². The first kappa shape index (κ1) is 14.0. The molecule has 1 fully saturated rings. The summed E-state index contributed by atoms with van der Waals surface area (Å²) >= 11 is 0. The van der Waals surface area contributed by atoms with E-state index < -0.39 is 12.0 Å². The third-order valence-electron chi connectivity index (χ3n) is 4.15. The lowest BCUT2D eigenvalue weighted by atomic mass is 10.1. The van der Waals surface area contributed by atoms with Crippen LogP contribution in [-0.2, 0) is 0 Å². The second-order valence-corrected chi connectivity index (χ2v) is 5.71. The molecule has 0 amide bonds. The molecule has 0 N–H and O–H groups in total. The number of hydrogen-bond acceptors (Lipinski definition) is 2. The van der Waals surface area contributed by atoms with Crippen LogP contribution in [0, 0.1) is 6.92 Å². The van der Waals surface area contributed by atoms with Gasteiger partial charge in [-0.25, -0.2) is 8.78 Å². The highest BCUT2D eigenvalue weighted by molar-refractivity contribution is 5.87. The van der Waals surface area contributed by atoms with Crippen molar-refractivity contribution in [1.82, 2.24) is 4.57 Å². The van der Waals surface area contributed by atoms with Crippen molar-refractivity contribution >= 4 is 10.8 Å². The van der Waals surface area contributed by atoms with Crippen molar-refractivity contribution < 1.29 is 13.5 Å². The SMILES string of the molecule is COc1cn([C@@H]2CCC(F)(F)C2)c(=O)c2cc(C)ccc12. The fourth-order valence-electron chi connectivity index (χ4n) is 3.04. The van der Waals surface area contributed by atoms with Crippen molar-refractivity contribution in [3.63, 3.8) is 0 Å². The van der Waals surface area contributed by atoms with E-state index in [1.165, 1.54) is 11.7 Å². The third-order valence-corrected chi connectivity index (χ3v) is 4.15. The number of hydrogen-bond donors (Lipinski definition) is 0. The smallest absolute Gasteiger partial charge is 0.258 e. The van der Waals surface area contributed by atoms with Crippen LogP contribution in [0.15, 0.2) is 29.2 Å².